The lowest BCUT2D eigenvalue weighted by Crippen LogP contribution is -2.46. The number of piperidine rings is 2. The van der Waals surface area contributed by atoms with Crippen LogP contribution in [0.2, 0.25) is 0 Å². The van der Waals surface area contributed by atoms with Gasteiger partial charge in [-0.25, -0.2) is 4.98 Å². The van der Waals surface area contributed by atoms with Crippen LogP contribution in [-0.4, -0.2) is 71.3 Å². The highest BCUT2D eigenvalue weighted by Crippen LogP contribution is 2.35. The van der Waals surface area contributed by atoms with Crippen molar-refractivity contribution in [2.24, 2.45) is 11.7 Å². The van der Waals surface area contributed by atoms with E-state index in [1.54, 1.807) is 4.90 Å². The number of nitrogens with zero attached hydrogens (tertiary/aromatic N) is 4. The quantitative estimate of drug-likeness (QED) is 0.470. The topological polar surface area (TPSA) is 131 Å². The second kappa shape index (κ2) is 11.6. The summed E-state index contributed by atoms with van der Waals surface area (Å²) in [6.07, 6.45) is 5.20. The summed E-state index contributed by atoms with van der Waals surface area (Å²) in [5.74, 6) is -1.44. The first-order valence-electron chi connectivity index (χ1n) is 13.8. The average molecular weight is 545 g/mol. The van der Waals surface area contributed by atoms with Gasteiger partial charge >= 0.3 is 11.8 Å². The molecule has 2 atom stereocenters. The lowest BCUT2D eigenvalue weighted by Gasteiger charge is -2.38. The van der Waals surface area contributed by atoms with Crippen molar-refractivity contribution in [3.8, 4) is 5.88 Å². The fraction of sp³-hybridized carbons (Fsp3) is 0.433. The molecule has 2 aromatic heterocycles. The molecule has 2 saturated heterocycles. The number of likely N-dealkylation sites (tertiary alicyclic amines) is 2. The molecule has 0 unspecified atom stereocenters. The Kier molecular flexibility index (Phi) is 7.97. The minimum absolute atomic E-state index is 0.0144. The number of methoxy groups -OCH3 is 1. The van der Waals surface area contributed by atoms with Gasteiger partial charge in [0.05, 0.1) is 30.6 Å². The summed E-state index contributed by atoms with van der Waals surface area (Å²) in [5, 5.41) is 3.63. The molecule has 210 valence electrons. The van der Waals surface area contributed by atoms with Crippen molar-refractivity contribution in [2.45, 2.75) is 44.6 Å². The van der Waals surface area contributed by atoms with Gasteiger partial charge in [0, 0.05) is 23.5 Å². The second-order valence-electron chi connectivity index (χ2n) is 11.0. The van der Waals surface area contributed by atoms with Crippen molar-refractivity contribution in [2.75, 3.05) is 39.1 Å². The zero-order valence-corrected chi connectivity index (χ0v) is 23.2. The maximum atomic E-state index is 13.5. The van der Waals surface area contributed by atoms with Gasteiger partial charge in [0.2, 0.25) is 5.88 Å². The summed E-state index contributed by atoms with van der Waals surface area (Å²) >= 11 is 0. The number of amides is 3. The molecule has 0 spiro atoms. The molecule has 10 nitrogen and oxygen atoms in total. The molecule has 5 rings (SSSR count). The van der Waals surface area contributed by atoms with Crippen LogP contribution in [0.15, 0.2) is 42.6 Å². The molecule has 0 aliphatic carbocycles. The summed E-state index contributed by atoms with van der Waals surface area (Å²) in [7, 11) is 3.52. The SMILES string of the molecule is COc1ncc(NC(=O)C(=O)N2C[C@@H](C)CC[C@@H]2c2ccc3ccc(C4CCN(C)CC4)nc3c2)cc1C(N)=O. The highest BCUT2D eigenvalue weighted by molar-refractivity contribution is 6.39. The number of aromatic nitrogens is 2. The van der Waals surface area contributed by atoms with Gasteiger partial charge in [0.15, 0.2) is 0 Å². The number of hydrogen-bond acceptors (Lipinski definition) is 7. The third-order valence-corrected chi connectivity index (χ3v) is 8.10. The van der Waals surface area contributed by atoms with Gasteiger partial charge in [-0.2, -0.15) is 0 Å². The Hall–Kier alpha value is -4.05. The Bertz CT molecular complexity index is 1430. The standard InChI is InChI=1S/C30H36N6O4/c1-18-4-9-26(21-6-5-19-7-8-24(34-25(19)14-21)20-10-12-35(2)13-11-20)36(17-18)30(39)28(38)33-22-15-23(27(31)37)29(40-3)32-16-22/h5-8,14-16,18,20,26H,4,9-13,17H2,1-3H3,(H2,31,37)(H,33,38)/t18-,26+/m0/s1. The van der Waals surface area contributed by atoms with E-state index in [1.165, 1.54) is 19.4 Å². The number of carbonyl (C=O) groups is 3. The van der Waals surface area contributed by atoms with Crippen molar-refractivity contribution in [1.29, 1.82) is 0 Å². The van der Waals surface area contributed by atoms with Crippen LogP contribution in [0.4, 0.5) is 5.69 Å². The number of pyridine rings is 2. The predicted octanol–water partition coefficient (Wildman–Crippen LogP) is 3.48. The Morgan fingerprint density at radius 2 is 1.80 bits per heavy atom. The number of nitrogens with two attached hydrogens (primary N) is 1. The maximum Gasteiger partial charge on any atom is 0.313 e. The van der Waals surface area contributed by atoms with Crippen molar-refractivity contribution in [3.63, 3.8) is 0 Å². The number of anilines is 1. The van der Waals surface area contributed by atoms with E-state index in [2.05, 4.69) is 47.4 Å². The minimum atomic E-state index is -0.801. The zero-order chi connectivity index (χ0) is 28.4. The van der Waals surface area contributed by atoms with Crippen molar-refractivity contribution < 1.29 is 19.1 Å². The van der Waals surface area contributed by atoms with E-state index in [1.807, 2.05) is 12.1 Å². The molecule has 2 fully saturated rings. The number of benzene rings is 1. The third-order valence-electron chi connectivity index (χ3n) is 8.10. The number of nitrogens with one attached hydrogen (secondary N) is 1. The van der Waals surface area contributed by atoms with E-state index in [0.717, 1.165) is 60.9 Å². The van der Waals surface area contributed by atoms with Crippen LogP contribution in [0, 0.1) is 5.92 Å². The minimum Gasteiger partial charge on any atom is -0.480 e. The molecule has 40 heavy (non-hydrogen) atoms. The maximum absolute atomic E-state index is 13.5. The number of carbonyl (C=O) groups excluding carboxylic acids is 3. The second-order valence-corrected chi connectivity index (χ2v) is 11.0. The van der Waals surface area contributed by atoms with E-state index in [0.29, 0.717) is 12.5 Å². The monoisotopic (exact) mass is 544 g/mol. The largest absolute Gasteiger partial charge is 0.480 e. The predicted molar refractivity (Wildman–Crippen MR) is 152 cm³/mol. The number of hydrogen-bond donors (Lipinski definition) is 2. The highest BCUT2D eigenvalue weighted by atomic mass is 16.5. The summed E-state index contributed by atoms with van der Waals surface area (Å²) in [4.78, 5) is 51.4. The van der Waals surface area contributed by atoms with E-state index in [4.69, 9.17) is 15.5 Å². The first-order chi connectivity index (χ1) is 19.2. The number of ether oxygens (including phenoxy) is 1. The molecular formula is C30H36N6O4. The van der Waals surface area contributed by atoms with Crippen molar-refractivity contribution in [1.82, 2.24) is 19.8 Å². The molecule has 2 aliphatic heterocycles. The Balaban J connectivity index is 1.38. The summed E-state index contributed by atoms with van der Waals surface area (Å²) < 4.78 is 5.05. The number of fused-ring (bicyclic) bond motifs is 1. The first-order valence-corrected chi connectivity index (χ1v) is 13.8. The molecule has 2 aliphatic rings. The van der Waals surface area contributed by atoms with E-state index < -0.39 is 17.7 Å². The Morgan fingerprint density at radius 3 is 2.52 bits per heavy atom. The van der Waals surface area contributed by atoms with Gasteiger partial charge < -0.3 is 25.6 Å². The van der Waals surface area contributed by atoms with Crippen LogP contribution >= 0.6 is 0 Å². The van der Waals surface area contributed by atoms with E-state index in [-0.39, 0.29) is 29.1 Å². The van der Waals surface area contributed by atoms with Crippen LogP contribution in [0.25, 0.3) is 10.9 Å². The first kappa shape index (κ1) is 27.5. The van der Waals surface area contributed by atoms with Crippen molar-refractivity contribution >= 4 is 34.3 Å². The van der Waals surface area contributed by atoms with E-state index >= 15 is 0 Å². The van der Waals surface area contributed by atoms with Gasteiger partial charge in [0.25, 0.3) is 5.91 Å². The van der Waals surface area contributed by atoms with Gasteiger partial charge in [-0.05, 0) is 75.5 Å². The van der Waals surface area contributed by atoms with Gasteiger partial charge in [-0.3, -0.25) is 19.4 Å². The molecule has 0 bridgehead atoms. The van der Waals surface area contributed by atoms with Gasteiger partial charge in [-0.15, -0.1) is 0 Å². The van der Waals surface area contributed by atoms with Gasteiger partial charge in [-0.1, -0.05) is 25.1 Å². The fourth-order valence-electron chi connectivity index (χ4n) is 5.79. The summed E-state index contributed by atoms with van der Waals surface area (Å²) in [6.45, 7) is 4.68. The molecule has 0 saturated carbocycles. The number of rotatable bonds is 5. The fourth-order valence-corrected chi connectivity index (χ4v) is 5.79. The summed E-state index contributed by atoms with van der Waals surface area (Å²) in [6, 6.07) is 11.5. The molecule has 3 amide bonds. The normalized spacial score (nSPS) is 20.3. The van der Waals surface area contributed by atoms with Gasteiger partial charge in [0.1, 0.15) is 5.56 Å². The average Bonchev–Trinajstić information content (AvgIpc) is 2.96. The van der Waals surface area contributed by atoms with Crippen LogP contribution < -0.4 is 15.8 Å². The zero-order valence-electron chi connectivity index (χ0n) is 23.2. The van der Waals surface area contributed by atoms with Crippen LogP contribution in [0.5, 0.6) is 5.88 Å². The molecule has 3 aromatic rings. The van der Waals surface area contributed by atoms with Crippen LogP contribution in [0.3, 0.4) is 0 Å². The molecular weight excluding hydrogens is 508 g/mol. The van der Waals surface area contributed by atoms with E-state index in [9.17, 15) is 14.4 Å². The Morgan fingerprint density at radius 1 is 1.05 bits per heavy atom. The number of primary amides is 1. The van der Waals surface area contributed by atoms with Crippen LogP contribution in [0.1, 0.15) is 66.2 Å². The lowest BCUT2D eigenvalue weighted by molar-refractivity contribution is -0.146. The summed E-state index contributed by atoms with van der Waals surface area (Å²) in [5.41, 5.74) is 8.60. The smallest absolute Gasteiger partial charge is 0.313 e. The van der Waals surface area contributed by atoms with Crippen LogP contribution in [-0.2, 0) is 9.59 Å². The molecule has 1 aromatic carbocycles. The molecule has 3 N–H and O–H groups in total. The molecule has 10 heteroatoms. The third kappa shape index (κ3) is 5.77. The lowest BCUT2D eigenvalue weighted by atomic mass is 9.89. The Labute approximate surface area is 233 Å². The molecule has 0 radical (unpaired) electrons. The molecule has 4 heterocycles. The highest BCUT2D eigenvalue weighted by Gasteiger charge is 2.34. The van der Waals surface area contributed by atoms with Crippen molar-refractivity contribution in [3.05, 3.63) is 59.4 Å².